The average molecular weight is 479 g/mol. The molecule has 8 nitrogen and oxygen atoms in total. The molecule has 2 aromatic carbocycles. The van der Waals surface area contributed by atoms with Crippen molar-refractivity contribution >= 4 is 29.3 Å². The van der Waals surface area contributed by atoms with E-state index in [1.54, 1.807) is 46.0 Å². The van der Waals surface area contributed by atoms with E-state index < -0.39 is 18.0 Å². The molecule has 1 atom stereocenters. The van der Waals surface area contributed by atoms with Gasteiger partial charge < -0.3 is 9.84 Å². The second kappa shape index (κ2) is 10.2. The molecule has 0 saturated carbocycles. The van der Waals surface area contributed by atoms with Gasteiger partial charge in [-0.05, 0) is 30.7 Å². The van der Waals surface area contributed by atoms with Crippen LogP contribution in [0.5, 0.6) is 11.6 Å². The Labute approximate surface area is 202 Å². The first-order valence-electron chi connectivity index (χ1n) is 11.2. The van der Waals surface area contributed by atoms with Crippen LogP contribution in [0.15, 0.2) is 53.7 Å². The van der Waals surface area contributed by atoms with Crippen molar-refractivity contribution in [3.8, 4) is 22.9 Å². The molecule has 34 heavy (non-hydrogen) atoms. The third-order valence-corrected chi connectivity index (χ3v) is 6.41. The zero-order valence-electron chi connectivity index (χ0n) is 19.4. The number of carbonyl (C=O) groups excluding carboxylic acids is 2. The van der Waals surface area contributed by atoms with E-state index in [-0.39, 0.29) is 11.6 Å². The maximum Gasteiger partial charge on any atom is 0.308 e. The molecule has 0 N–H and O–H groups in total. The van der Waals surface area contributed by atoms with Crippen LogP contribution in [0.2, 0.25) is 0 Å². The monoisotopic (exact) mass is 478 g/mol. The zero-order chi connectivity index (χ0) is 24.2. The van der Waals surface area contributed by atoms with E-state index in [1.807, 2.05) is 12.1 Å². The first-order valence-corrected chi connectivity index (χ1v) is 12.2. The predicted octanol–water partition coefficient (Wildman–Crippen LogP) is 3.63. The number of rotatable bonds is 7. The Hall–Kier alpha value is -3.46. The highest BCUT2D eigenvalue weighted by Crippen LogP contribution is 2.42. The van der Waals surface area contributed by atoms with Crippen LogP contribution >= 0.6 is 11.8 Å². The lowest BCUT2D eigenvalue weighted by atomic mass is 10.0. The van der Waals surface area contributed by atoms with Crippen LogP contribution in [0.4, 0.5) is 5.69 Å². The van der Waals surface area contributed by atoms with Gasteiger partial charge in [-0.3, -0.25) is 9.59 Å². The minimum atomic E-state index is -0.830. The van der Waals surface area contributed by atoms with Crippen LogP contribution in [-0.2, 0) is 9.59 Å². The summed E-state index contributed by atoms with van der Waals surface area (Å²) in [6.07, 6.45) is 2.33. The Balaban J connectivity index is 1.94. The lowest BCUT2D eigenvalue weighted by molar-refractivity contribution is -0.764. The minimum Gasteiger partial charge on any atom is -0.854 e. The normalized spacial score (nSPS) is 14.3. The highest BCUT2D eigenvalue weighted by molar-refractivity contribution is 7.99. The fourth-order valence-electron chi connectivity index (χ4n) is 4.07. The van der Waals surface area contributed by atoms with Gasteiger partial charge in [-0.2, -0.15) is 0 Å². The van der Waals surface area contributed by atoms with Gasteiger partial charge in [-0.25, -0.2) is 9.88 Å². The number of esters is 1. The number of para-hydroxylation sites is 2. The molecule has 176 valence electrons. The molecule has 0 spiro atoms. The molecule has 2 heterocycles. The summed E-state index contributed by atoms with van der Waals surface area (Å²) >= 11 is 1.42. The van der Waals surface area contributed by atoms with Crippen LogP contribution in [-0.4, -0.2) is 27.7 Å². The van der Waals surface area contributed by atoms with Gasteiger partial charge in [0.05, 0.1) is 22.7 Å². The number of thioether (sulfide) groups is 1. The summed E-state index contributed by atoms with van der Waals surface area (Å²) in [5.74, 6) is -0.0566. The minimum absolute atomic E-state index is 0.239. The molecule has 1 aliphatic rings. The predicted molar refractivity (Wildman–Crippen MR) is 126 cm³/mol. The van der Waals surface area contributed by atoms with Gasteiger partial charge in [0.25, 0.3) is 17.0 Å². The van der Waals surface area contributed by atoms with Crippen molar-refractivity contribution in [2.45, 2.75) is 51.4 Å². The van der Waals surface area contributed by atoms with Crippen LogP contribution < -0.4 is 19.4 Å². The van der Waals surface area contributed by atoms with E-state index in [4.69, 9.17) is 9.84 Å². The van der Waals surface area contributed by atoms with Crippen molar-refractivity contribution in [2.24, 2.45) is 0 Å². The summed E-state index contributed by atoms with van der Waals surface area (Å²) in [6, 6.07) is 14.2. The highest BCUT2D eigenvalue weighted by atomic mass is 32.2. The van der Waals surface area contributed by atoms with Gasteiger partial charge in [0.2, 0.25) is 5.91 Å². The number of fused-ring (bicyclic) bond motifs is 3. The molecule has 9 heteroatoms. The molecule has 1 aromatic heterocycles. The van der Waals surface area contributed by atoms with E-state index in [2.05, 4.69) is 11.9 Å². The second-order valence-electron chi connectivity index (χ2n) is 7.96. The number of unbranched alkanes of at least 4 members (excludes halogenated alkanes) is 2. The second-order valence-corrected chi connectivity index (χ2v) is 9.02. The number of amides is 1. The number of ether oxygens (including phenoxy) is 1. The third-order valence-electron chi connectivity index (χ3n) is 5.49. The van der Waals surface area contributed by atoms with E-state index >= 15 is 0 Å². The van der Waals surface area contributed by atoms with Crippen LogP contribution in [0, 0.1) is 0 Å². The van der Waals surface area contributed by atoms with Crippen molar-refractivity contribution in [3.63, 3.8) is 0 Å². The molecule has 0 radical (unpaired) electrons. The SMILES string of the molecule is CCCCCSc1nc([O-])c2[n+](n1)C(c1ccccc1OC(C)=O)N(C(C)=O)c1ccccc1-2. The van der Waals surface area contributed by atoms with Gasteiger partial charge >= 0.3 is 5.97 Å². The van der Waals surface area contributed by atoms with Crippen molar-refractivity contribution in [3.05, 3.63) is 54.1 Å². The topological polar surface area (TPSA) is 99.3 Å². The molecule has 0 fully saturated rings. The van der Waals surface area contributed by atoms with Gasteiger partial charge in [0.15, 0.2) is 0 Å². The fraction of sp³-hybridized carbons (Fsp3) is 0.320. The van der Waals surface area contributed by atoms with Gasteiger partial charge in [0, 0.05) is 24.7 Å². The molecular formula is C25H26N4O4S. The lowest BCUT2D eigenvalue weighted by Crippen LogP contribution is -2.58. The summed E-state index contributed by atoms with van der Waals surface area (Å²) in [7, 11) is 0. The average Bonchev–Trinajstić information content (AvgIpc) is 2.80. The number of benzene rings is 2. The maximum absolute atomic E-state index is 13.3. The summed E-state index contributed by atoms with van der Waals surface area (Å²) in [4.78, 5) is 30.6. The van der Waals surface area contributed by atoms with Crippen LogP contribution in [0.1, 0.15) is 51.8 Å². The zero-order valence-corrected chi connectivity index (χ0v) is 20.2. The Morgan fingerprint density at radius 2 is 1.85 bits per heavy atom. The summed E-state index contributed by atoms with van der Waals surface area (Å²) in [5, 5.41) is 18.3. The van der Waals surface area contributed by atoms with Crippen molar-refractivity contribution < 1.29 is 24.1 Å². The third kappa shape index (κ3) is 4.61. The van der Waals surface area contributed by atoms with Crippen molar-refractivity contribution in [1.82, 2.24) is 10.1 Å². The van der Waals surface area contributed by atoms with Gasteiger partial charge in [-0.15, -0.1) is 0 Å². The largest absolute Gasteiger partial charge is 0.854 e. The standard InChI is InChI=1S/C25H26N4O4S/c1-4-5-10-15-34-25-26-23(32)22-18-11-6-8-13-20(18)28(16(2)30)24(29(22)27-25)19-12-7-9-14-21(19)33-17(3)31/h6-9,11-14,24H,4-5,10,15H2,1-3H3. The number of anilines is 1. The lowest BCUT2D eigenvalue weighted by Gasteiger charge is -2.33. The van der Waals surface area contributed by atoms with Crippen molar-refractivity contribution in [2.75, 3.05) is 10.7 Å². The number of carbonyl (C=O) groups is 2. The number of hydrogen-bond donors (Lipinski definition) is 0. The molecule has 1 unspecified atom stereocenters. The van der Waals surface area contributed by atoms with E-state index in [0.29, 0.717) is 27.7 Å². The van der Waals surface area contributed by atoms with E-state index in [0.717, 1.165) is 25.0 Å². The van der Waals surface area contributed by atoms with E-state index in [1.165, 1.54) is 25.6 Å². The Morgan fingerprint density at radius 3 is 2.59 bits per heavy atom. The molecule has 3 aromatic rings. The van der Waals surface area contributed by atoms with E-state index in [9.17, 15) is 14.7 Å². The first kappa shape index (κ1) is 23.7. The molecule has 0 saturated heterocycles. The number of hydrogen-bond acceptors (Lipinski definition) is 7. The van der Waals surface area contributed by atoms with Gasteiger partial charge in [0.1, 0.15) is 5.75 Å². The molecular weight excluding hydrogens is 452 g/mol. The fourth-order valence-corrected chi connectivity index (χ4v) is 4.90. The molecule has 0 bridgehead atoms. The van der Waals surface area contributed by atoms with Crippen molar-refractivity contribution in [1.29, 1.82) is 0 Å². The molecule has 1 amide bonds. The molecule has 0 aliphatic carbocycles. The Kier molecular flexibility index (Phi) is 7.12. The van der Waals surface area contributed by atoms with Gasteiger partial charge in [-0.1, -0.05) is 60.5 Å². The smallest absolute Gasteiger partial charge is 0.308 e. The quantitative estimate of drug-likeness (QED) is 0.168. The first-order chi connectivity index (χ1) is 16.4. The summed E-state index contributed by atoms with van der Waals surface area (Å²) in [6.45, 7) is 4.91. The van der Waals surface area contributed by atoms with Crippen LogP contribution in [0.3, 0.4) is 0 Å². The molecule has 4 rings (SSSR count). The number of aromatic nitrogens is 3. The highest BCUT2D eigenvalue weighted by Gasteiger charge is 2.45. The van der Waals surface area contributed by atoms with Crippen LogP contribution in [0.25, 0.3) is 11.3 Å². The maximum atomic E-state index is 13.3. The summed E-state index contributed by atoms with van der Waals surface area (Å²) < 4.78 is 7.01. The Morgan fingerprint density at radius 1 is 1.12 bits per heavy atom. The molecule has 1 aliphatic heterocycles. The summed E-state index contributed by atoms with van der Waals surface area (Å²) in [5.41, 5.74) is 1.97. The number of nitrogens with zero attached hydrogens (tertiary/aromatic N) is 4. The Bertz CT molecular complexity index is 1230.